The predicted octanol–water partition coefficient (Wildman–Crippen LogP) is 3.78. The fourth-order valence-corrected chi connectivity index (χ4v) is 3.59. The second kappa shape index (κ2) is 13.9. The topological polar surface area (TPSA) is 69.1 Å². The molecular weight excluding hydrogens is 524 g/mol. The smallest absolute Gasteiger partial charge is 0.401 e. The highest BCUT2D eigenvalue weighted by molar-refractivity contribution is 14.0. The number of likely N-dealkylation sites (tertiary alicyclic amines) is 1. The molecule has 31 heavy (non-hydrogen) atoms. The van der Waals surface area contributed by atoms with Crippen LogP contribution >= 0.6 is 24.0 Å². The van der Waals surface area contributed by atoms with Crippen molar-refractivity contribution in [3.8, 4) is 11.5 Å². The zero-order valence-corrected chi connectivity index (χ0v) is 20.5. The number of aromatic hydroxyl groups is 1. The first-order valence-electron chi connectivity index (χ1n) is 10.5. The molecule has 1 fully saturated rings. The highest BCUT2D eigenvalue weighted by Crippen LogP contribution is 2.25. The number of nitrogens with one attached hydrogen (secondary N) is 2. The van der Waals surface area contributed by atoms with Gasteiger partial charge in [0.2, 0.25) is 0 Å². The lowest BCUT2D eigenvalue weighted by molar-refractivity contribution is -0.148. The van der Waals surface area contributed by atoms with Crippen molar-refractivity contribution in [2.75, 3.05) is 46.4 Å². The van der Waals surface area contributed by atoms with Crippen molar-refractivity contribution in [2.24, 2.45) is 10.9 Å². The molecule has 2 rings (SSSR count). The van der Waals surface area contributed by atoms with Crippen LogP contribution in [0.25, 0.3) is 0 Å². The number of rotatable bonds is 9. The molecule has 0 radical (unpaired) electrons. The molecule has 1 aromatic carbocycles. The van der Waals surface area contributed by atoms with Crippen LogP contribution in [0.3, 0.4) is 0 Å². The first-order chi connectivity index (χ1) is 14.3. The first-order valence-corrected chi connectivity index (χ1v) is 10.5. The van der Waals surface area contributed by atoms with Gasteiger partial charge in [-0.1, -0.05) is 6.07 Å². The van der Waals surface area contributed by atoms with Crippen LogP contribution < -0.4 is 15.4 Å². The predicted molar refractivity (Wildman–Crippen MR) is 128 cm³/mol. The molecule has 0 saturated carbocycles. The molecule has 0 aliphatic carbocycles. The maximum atomic E-state index is 12.5. The number of guanidine groups is 1. The third kappa shape index (κ3) is 10.6. The molecule has 1 aromatic rings. The summed E-state index contributed by atoms with van der Waals surface area (Å²) in [5.41, 5.74) is 0.824. The Hall–Kier alpha value is -1.43. The molecule has 1 aliphatic heterocycles. The van der Waals surface area contributed by atoms with Gasteiger partial charge in [-0.15, -0.1) is 24.0 Å². The maximum absolute atomic E-state index is 12.5. The summed E-state index contributed by atoms with van der Waals surface area (Å²) in [6.45, 7) is 4.15. The number of methoxy groups -OCH3 is 1. The second-order valence-corrected chi connectivity index (χ2v) is 7.56. The van der Waals surface area contributed by atoms with Crippen molar-refractivity contribution < 1.29 is 23.0 Å². The van der Waals surface area contributed by atoms with Crippen molar-refractivity contribution in [1.29, 1.82) is 0 Å². The number of aliphatic imine (C=N–C) groups is 1. The van der Waals surface area contributed by atoms with E-state index in [9.17, 15) is 18.3 Å². The standard InChI is InChI=1S/C21H33F3N4O2.HI/c1-3-25-20(27-11-7-17-4-5-18(30-2)14-19(17)29)26-10-6-16-8-12-28(13-9-16)15-21(22,23)24;/h4-5,14,16,29H,3,6-13,15H2,1-2H3,(H2,25,26,27);1H. The number of hydrogen-bond donors (Lipinski definition) is 3. The van der Waals surface area contributed by atoms with Gasteiger partial charge >= 0.3 is 6.18 Å². The lowest BCUT2D eigenvalue weighted by Gasteiger charge is -2.32. The fourth-order valence-electron chi connectivity index (χ4n) is 3.59. The fraction of sp³-hybridized carbons (Fsp3) is 0.667. The number of ether oxygens (including phenoxy) is 1. The van der Waals surface area contributed by atoms with E-state index in [-0.39, 0.29) is 29.7 Å². The first kappa shape index (κ1) is 27.6. The molecule has 3 N–H and O–H groups in total. The van der Waals surface area contributed by atoms with E-state index in [1.165, 1.54) is 4.90 Å². The number of benzene rings is 1. The molecule has 0 bridgehead atoms. The molecule has 1 heterocycles. The van der Waals surface area contributed by atoms with Crippen LogP contribution in [0, 0.1) is 5.92 Å². The van der Waals surface area contributed by atoms with Gasteiger partial charge in [-0.2, -0.15) is 13.2 Å². The molecular formula is C21H34F3IN4O2. The summed E-state index contributed by atoms with van der Waals surface area (Å²) in [5, 5.41) is 16.5. The summed E-state index contributed by atoms with van der Waals surface area (Å²) in [4.78, 5) is 6.07. The van der Waals surface area contributed by atoms with Gasteiger partial charge in [0, 0.05) is 25.7 Å². The molecule has 178 valence electrons. The van der Waals surface area contributed by atoms with E-state index in [2.05, 4.69) is 15.6 Å². The van der Waals surface area contributed by atoms with Gasteiger partial charge in [0.15, 0.2) is 5.96 Å². The average Bonchev–Trinajstić information content (AvgIpc) is 2.69. The summed E-state index contributed by atoms with van der Waals surface area (Å²) >= 11 is 0. The number of nitrogens with zero attached hydrogens (tertiary/aromatic N) is 2. The summed E-state index contributed by atoms with van der Waals surface area (Å²) in [7, 11) is 1.56. The third-order valence-corrected chi connectivity index (χ3v) is 5.24. The number of piperidine rings is 1. The van der Waals surface area contributed by atoms with Gasteiger partial charge in [0.25, 0.3) is 0 Å². The van der Waals surface area contributed by atoms with E-state index in [4.69, 9.17) is 4.74 Å². The zero-order valence-electron chi connectivity index (χ0n) is 18.2. The minimum atomic E-state index is -4.12. The van der Waals surface area contributed by atoms with Crippen molar-refractivity contribution in [3.63, 3.8) is 0 Å². The highest BCUT2D eigenvalue weighted by Gasteiger charge is 2.32. The van der Waals surface area contributed by atoms with Crippen molar-refractivity contribution >= 4 is 29.9 Å². The van der Waals surface area contributed by atoms with Crippen LogP contribution in [0.4, 0.5) is 13.2 Å². The monoisotopic (exact) mass is 558 g/mol. The molecule has 0 spiro atoms. The van der Waals surface area contributed by atoms with Crippen LogP contribution in [0.1, 0.15) is 31.7 Å². The summed E-state index contributed by atoms with van der Waals surface area (Å²) in [6.07, 6.45) is -1.04. The molecule has 0 atom stereocenters. The molecule has 0 aromatic heterocycles. The minimum absolute atomic E-state index is 0. The van der Waals surface area contributed by atoms with Crippen LogP contribution in [-0.2, 0) is 6.42 Å². The van der Waals surface area contributed by atoms with Gasteiger partial charge in [-0.05, 0) is 63.2 Å². The van der Waals surface area contributed by atoms with Crippen molar-refractivity contribution in [3.05, 3.63) is 23.8 Å². The summed E-state index contributed by atoms with van der Waals surface area (Å²) in [6, 6.07) is 5.24. The largest absolute Gasteiger partial charge is 0.508 e. The van der Waals surface area contributed by atoms with Gasteiger partial charge in [0.05, 0.1) is 13.7 Å². The van der Waals surface area contributed by atoms with Crippen LogP contribution in [0.5, 0.6) is 11.5 Å². The lowest BCUT2D eigenvalue weighted by atomic mass is 9.93. The summed E-state index contributed by atoms with van der Waals surface area (Å²) < 4.78 is 42.5. The van der Waals surface area contributed by atoms with Crippen LogP contribution in [0.15, 0.2) is 23.2 Å². The highest BCUT2D eigenvalue weighted by atomic mass is 127. The van der Waals surface area contributed by atoms with Gasteiger partial charge < -0.3 is 20.5 Å². The van der Waals surface area contributed by atoms with E-state index in [1.807, 2.05) is 19.1 Å². The molecule has 6 nitrogen and oxygen atoms in total. The Balaban J connectivity index is 0.00000480. The molecule has 1 saturated heterocycles. The maximum Gasteiger partial charge on any atom is 0.401 e. The Morgan fingerprint density at radius 3 is 2.55 bits per heavy atom. The Labute approximate surface area is 199 Å². The van der Waals surface area contributed by atoms with Crippen LogP contribution in [0.2, 0.25) is 0 Å². The quantitative estimate of drug-likeness (QED) is 0.245. The minimum Gasteiger partial charge on any atom is -0.508 e. The van der Waals surface area contributed by atoms with Crippen molar-refractivity contribution in [1.82, 2.24) is 15.5 Å². The Morgan fingerprint density at radius 2 is 1.97 bits per heavy atom. The number of hydrogen-bond acceptors (Lipinski definition) is 4. The van der Waals surface area contributed by atoms with E-state index in [0.29, 0.717) is 50.2 Å². The summed E-state index contributed by atoms with van der Waals surface area (Å²) in [5.74, 6) is 1.94. The molecule has 0 unspecified atom stereocenters. The normalized spacial score (nSPS) is 16.0. The average molecular weight is 558 g/mol. The van der Waals surface area contributed by atoms with Gasteiger partial charge in [-0.25, -0.2) is 0 Å². The Bertz CT molecular complexity index is 681. The Kier molecular flexibility index (Phi) is 12.3. The zero-order chi connectivity index (χ0) is 22.0. The number of alkyl halides is 3. The number of phenolic OH excluding ortho intramolecular Hbond substituents is 1. The van der Waals surface area contributed by atoms with E-state index >= 15 is 0 Å². The van der Waals surface area contributed by atoms with Gasteiger partial charge in [0.1, 0.15) is 11.5 Å². The van der Waals surface area contributed by atoms with Crippen molar-refractivity contribution in [2.45, 2.75) is 38.8 Å². The molecule has 1 aliphatic rings. The van der Waals surface area contributed by atoms with Gasteiger partial charge in [-0.3, -0.25) is 9.89 Å². The Morgan fingerprint density at radius 1 is 1.26 bits per heavy atom. The number of phenols is 1. The third-order valence-electron chi connectivity index (χ3n) is 5.24. The lowest BCUT2D eigenvalue weighted by Crippen LogP contribution is -2.40. The van der Waals surface area contributed by atoms with E-state index < -0.39 is 12.7 Å². The van der Waals surface area contributed by atoms with E-state index in [0.717, 1.165) is 31.4 Å². The SMILES string of the molecule is CCNC(=NCCC1CCN(CC(F)(F)F)CC1)NCCc1ccc(OC)cc1O.I. The molecule has 0 amide bonds. The van der Waals surface area contributed by atoms with Crippen LogP contribution in [-0.4, -0.2) is 68.5 Å². The molecule has 10 heteroatoms. The number of halogens is 4. The second-order valence-electron chi connectivity index (χ2n) is 7.56. The van der Waals surface area contributed by atoms with E-state index in [1.54, 1.807) is 13.2 Å².